The van der Waals surface area contributed by atoms with Crippen molar-refractivity contribution in [3.63, 3.8) is 0 Å². The first-order chi connectivity index (χ1) is 21.6. The molecule has 10 heteroatoms. The number of carbonyl (C=O) groups excluding carboxylic acids is 2. The second kappa shape index (κ2) is 15.6. The maximum Gasteiger partial charge on any atom is 0.264 e. The fraction of sp³-hybridized carbons (Fsp3) is 0.257. The van der Waals surface area contributed by atoms with E-state index in [4.69, 9.17) is 16.3 Å². The smallest absolute Gasteiger partial charge is 0.264 e. The van der Waals surface area contributed by atoms with Gasteiger partial charge in [-0.25, -0.2) is 8.42 Å². The number of halogens is 1. The maximum absolute atomic E-state index is 14.5. The molecule has 4 rings (SSSR count). The zero-order valence-corrected chi connectivity index (χ0v) is 27.2. The van der Waals surface area contributed by atoms with Gasteiger partial charge in [0.1, 0.15) is 18.3 Å². The van der Waals surface area contributed by atoms with Crippen LogP contribution in [-0.4, -0.2) is 51.4 Å². The Morgan fingerprint density at radius 2 is 1.47 bits per heavy atom. The van der Waals surface area contributed by atoms with Crippen molar-refractivity contribution in [1.82, 2.24) is 10.2 Å². The minimum Gasteiger partial charge on any atom is -0.497 e. The first-order valence-corrected chi connectivity index (χ1v) is 16.5. The SMILES string of the molecule is COc1cccc(CN(C(=O)CN(c2ccc(Cl)cc2)S(=O)(=O)c2ccccc2)[C@H](Cc2ccccc2)C(=O)NCC(C)C)c1. The standard InChI is InChI=1S/C35H38ClN3O5S/c1-26(2)23-37-35(41)33(22-27-11-6-4-7-12-27)38(24-28-13-10-14-31(21-28)44-3)34(40)25-39(30-19-17-29(36)18-20-30)45(42,43)32-15-8-5-9-16-32/h4-21,26,33H,22-25H2,1-3H3,(H,37,41)/t33-/m1/s1. The zero-order chi connectivity index (χ0) is 32.4. The average Bonchev–Trinajstić information content (AvgIpc) is 3.05. The Labute approximate surface area is 270 Å². The molecule has 0 heterocycles. The van der Waals surface area contributed by atoms with Crippen LogP contribution in [0.15, 0.2) is 114 Å². The second-order valence-corrected chi connectivity index (χ2v) is 13.3. The molecule has 45 heavy (non-hydrogen) atoms. The van der Waals surface area contributed by atoms with E-state index >= 15 is 0 Å². The number of benzene rings is 4. The van der Waals surface area contributed by atoms with Crippen LogP contribution in [0.2, 0.25) is 5.02 Å². The van der Waals surface area contributed by atoms with Crippen LogP contribution in [0, 0.1) is 5.92 Å². The van der Waals surface area contributed by atoms with Gasteiger partial charge in [0, 0.05) is 24.5 Å². The summed E-state index contributed by atoms with van der Waals surface area (Å²) in [5, 5.41) is 3.41. The largest absolute Gasteiger partial charge is 0.497 e. The average molecular weight is 648 g/mol. The second-order valence-electron chi connectivity index (χ2n) is 11.0. The van der Waals surface area contributed by atoms with Crippen LogP contribution in [0.4, 0.5) is 5.69 Å². The molecule has 0 aliphatic rings. The van der Waals surface area contributed by atoms with E-state index in [-0.39, 0.29) is 35.4 Å². The first-order valence-electron chi connectivity index (χ1n) is 14.7. The molecular weight excluding hydrogens is 610 g/mol. The molecule has 8 nitrogen and oxygen atoms in total. The highest BCUT2D eigenvalue weighted by Gasteiger charge is 2.34. The topological polar surface area (TPSA) is 96.0 Å². The third kappa shape index (κ3) is 9.09. The van der Waals surface area contributed by atoms with Gasteiger partial charge in [-0.1, -0.05) is 86.1 Å². The Morgan fingerprint density at radius 3 is 2.09 bits per heavy atom. The summed E-state index contributed by atoms with van der Waals surface area (Å²) in [4.78, 5) is 29.8. The van der Waals surface area contributed by atoms with Crippen LogP contribution in [0.3, 0.4) is 0 Å². The molecule has 0 aromatic heterocycles. The van der Waals surface area contributed by atoms with Crippen molar-refractivity contribution >= 4 is 39.1 Å². The summed E-state index contributed by atoms with van der Waals surface area (Å²) in [5.41, 5.74) is 1.85. The van der Waals surface area contributed by atoms with Crippen molar-refractivity contribution < 1.29 is 22.7 Å². The molecule has 2 amide bonds. The number of hydrogen-bond donors (Lipinski definition) is 1. The normalized spacial score (nSPS) is 11.9. The number of rotatable bonds is 14. The van der Waals surface area contributed by atoms with Gasteiger partial charge >= 0.3 is 0 Å². The van der Waals surface area contributed by atoms with Gasteiger partial charge in [-0.05, 0) is 65.6 Å². The Balaban J connectivity index is 1.80. The summed E-state index contributed by atoms with van der Waals surface area (Å²) in [6.07, 6.45) is 0.229. The van der Waals surface area contributed by atoms with E-state index in [2.05, 4.69) is 5.32 Å². The highest BCUT2D eigenvalue weighted by atomic mass is 35.5. The Kier molecular flexibility index (Phi) is 11.6. The highest BCUT2D eigenvalue weighted by molar-refractivity contribution is 7.92. The van der Waals surface area contributed by atoms with Crippen LogP contribution >= 0.6 is 11.6 Å². The molecule has 0 saturated carbocycles. The molecule has 236 valence electrons. The van der Waals surface area contributed by atoms with E-state index in [9.17, 15) is 18.0 Å². The third-order valence-electron chi connectivity index (χ3n) is 7.17. The van der Waals surface area contributed by atoms with Crippen molar-refractivity contribution in [3.05, 3.63) is 125 Å². The van der Waals surface area contributed by atoms with E-state index in [1.54, 1.807) is 61.7 Å². The molecule has 0 aliphatic heterocycles. The quantitative estimate of drug-likeness (QED) is 0.182. The molecule has 0 aliphatic carbocycles. The van der Waals surface area contributed by atoms with Crippen LogP contribution in [0.5, 0.6) is 5.75 Å². The lowest BCUT2D eigenvalue weighted by atomic mass is 10.0. The highest BCUT2D eigenvalue weighted by Crippen LogP contribution is 2.26. The van der Waals surface area contributed by atoms with Crippen molar-refractivity contribution in [1.29, 1.82) is 0 Å². The van der Waals surface area contributed by atoms with E-state index in [1.807, 2.05) is 56.3 Å². The number of methoxy groups -OCH3 is 1. The summed E-state index contributed by atoms with van der Waals surface area (Å²) in [7, 11) is -2.63. The minimum absolute atomic E-state index is 0.0302. The monoisotopic (exact) mass is 647 g/mol. The molecule has 0 bridgehead atoms. The number of amides is 2. The van der Waals surface area contributed by atoms with Crippen molar-refractivity contribution in [2.75, 3.05) is 24.5 Å². The van der Waals surface area contributed by atoms with Gasteiger partial charge in [0.05, 0.1) is 17.7 Å². The summed E-state index contributed by atoms with van der Waals surface area (Å²) in [6, 6.07) is 29.9. The van der Waals surface area contributed by atoms with Gasteiger partial charge in [0.2, 0.25) is 11.8 Å². The summed E-state index contributed by atoms with van der Waals surface area (Å²) < 4.78 is 34.5. The molecule has 4 aromatic rings. The Bertz CT molecular complexity index is 1670. The number of hydrogen-bond acceptors (Lipinski definition) is 5. The fourth-order valence-electron chi connectivity index (χ4n) is 4.80. The van der Waals surface area contributed by atoms with Crippen LogP contribution < -0.4 is 14.4 Å². The van der Waals surface area contributed by atoms with Gasteiger partial charge in [0.25, 0.3) is 10.0 Å². The van der Waals surface area contributed by atoms with Crippen LogP contribution in [-0.2, 0) is 32.6 Å². The number of carbonyl (C=O) groups is 2. The van der Waals surface area contributed by atoms with Crippen molar-refractivity contribution in [2.24, 2.45) is 5.92 Å². The summed E-state index contributed by atoms with van der Waals surface area (Å²) in [5.74, 6) is -0.0934. The molecule has 4 aromatic carbocycles. The van der Waals surface area contributed by atoms with E-state index in [1.165, 1.54) is 17.0 Å². The van der Waals surface area contributed by atoms with E-state index in [0.717, 1.165) is 15.4 Å². The molecule has 0 saturated heterocycles. The number of anilines is 1. The lowest BCUT2D eigenvalue weighted by molar-refractivity contribution is -0.140. The van der Waals surface area contributed by atoms with Gasteiger partial charge in [0.15, 0.2) is 0 Å². The molecule has 0 spiro atoms. The summed E-state index contributed by atoms with van der Waals surface area (Å²) >= 11 is 6.13. The number of nitrogens with one attached hydrogen (secondary N) is 1. The number of nitrogens with zero attached hydrogens (tertiary/aromatic N) is 2. The molecule has 1 atom stereocenters. The molecule has 0 unspecified atom stereocenters. The molecule has 0 fully saturated rings. The minimum atomic E-state index is -4.18. The fourth-order valence-corrected chi connectivity index (χ4v) is 6.36. The maximum atomic E-state index is 14.5. The zero-order valence-electron chi connectivity index (χ0n) is 25.6. The number of sulfonamides is 1. The van der Waals surface area contributed by atoms with E-state index in [0.29, 0.717) is 17.3 Å². The van der Waals surface area contributed by atoms with Crippen molar-refractivity contribution in [3.8, 4) is 5.75 Å². The van der Waals surface area contributed by atoms with Gasteiger partial charge in [-0.15, -0.1) is 0 Å². The summed E-state index contributed by atoms with van der Waals surface area (Å²) in [6.45, 7) is 3.90. The third-order valence-corrected chi connectivity index (χ3v) is 9.21. The van der Waals surface area contributed by atoms with Gasteiger partial charge in [-0.3, -0.25) is 13.9 Å². The van der Waals surface area contributed by atoms with Crippen LogP contribution in [0.25, 0.3) is 0 Å². The number of ether oxygens (including phenoxy) is 1. The van der Waals surface area contributed by atoms with Crippen molar-refractivity contribution in [2.45, 2.75) is 37.8 Å². The lowest BCUT2D eigenvalue weighted by Crippen LogP contribution is -2.53. The molecule has 1 N–H and O–H groups in total. The molecular formula is C35H38ClN3O5S. The van der Waals surface area contributed by atoms with Gasteiger partial charge < -0.3 is 15.0 Å². The van der Waals surface area contributed by atoms with Crippen LogP contribution in [0.1, 0.15) is 25.0 Å². The predicted octanol–water partition coefficient (Wildman–Crippen LogP) is 5.96. The lowest BCUT2D eigenvalue weighted by Gasteiger charge is -2.34. The first kappa shape index (κ1) is 33.6. The Morgan fingerprint density at radius 1 is 0.844 bits per heavy atom. The van der Waals surface area contributed by atoms with E-state index < -0.39 is 28.5 Å². The predicted molar refractivity (Wildman–Crippen MR) is 178 cm³/mol. The Hall–Kier alpha value is -4.34. The van der Waals surface area contributed by atoms with Gasteiger partial charge in [-0.2, -0.15) is 0 Å². The molecule has 0 radical (unpaired) electrons.